The number of hydrogen-bond donors (Lipinski definition) is 3. The van der Waals surface area contributed by atoms with Crippen LogP contribution in [0, 0.1) is 0 Å². The van der Waals surface area contributed by atoms with Crippen molar-refractivity contribution in [1.82, 2.24) is 5.32 Å². The van der Waals surface area contributed by atoms with Crippen molar-refractivity contribution in [2.45, 2.75) is 13.3 Å². The minimum atomic E-state index is -0.449. The molecule has 2 aromatic carbocycles. The van der Waals surface area contributed by atoms with Crippen LogP contribution in [0.25, 0.3) is 0 Å². The van der Waals surface area contributed by atoms with Crippen molar-refractivity contribution >= 4 is 23.3 Å². The van der Waals surface area contributed by atoms with E-state index in [1.165, 1.54) is 7.11 Å². The van der Waals surface area contributed by atoms with Gasteiger partial charge in [-0.05, 0) is 30.7 Å². The maximum Gasteiger partial charge on any atom is 0.323 e. The topological polar surface area (TPSA) is 79.5 Å². The third-order valence-electron chi connectivity index (χ3n) is 3.31. The fourth-order valence-corrected chi connectivity index (χ4v) is 2.15. The Labute approximate surface area is 141 Å². The number of nitrogens with one attached hydrogen (secondary N) is 3. The van der Waals surface area contributed by atoms with Crippen LogP contribution in [0.4, 0.5) is 16.2 Å². The molecule has 3 N–H and O–H groups in total. The molecule has 0 atom stereocenters. The Morgan fingerprint density at radius 3 is 2.29 bits per heavy atom. The average molecular weight is 327 g/mol. The molecule has 0 saturated heterocycles. The first-order valence-corrected chi connectivity index (χ1v) is 7.74. The van der Waals surface area contributed by atoms with Crippen molar-refractivity contribution in [3.63, 3.8) is 0 Å². The second kappa shape index (κ2) is 8.57. The molecule has 24 heavy (non-hydrogen) atoms. The third kappa shape index (κ3) is 4.49. The van der Waals surface area contributed by atoms with Crippen LogP contribution in [0.2, 0.25) is 0 Å². The Morgan fingerprint density at radius 2 is 1.58 bits per heavy atom. The molecule has 0 aliphatic carbocycles. The molecule has 0 heterocycles. The Bertz CT molecular complexity index is 716. The van der Waals surface area contributed by atoms with Gasteiger partial charge in [0.1, 0.15) is 5.75 Å². The summed E-state index contributed by atoms with van der Waals surface area (Å²) in [6, 6.07) is 13.5. The molecule has 126 valence electrons. The monoisotopic (exact) mass is 327 g/mol. The number of amides is 3. The molecular formula is C18H21N3O3. The predicted molar refractivity (Wildman–Crippen MR) is 94.7 cm³/mol. The molecular weight excluding hydrogens is 306 g/mol. The number of anilines is 2. The summed E-state index contributed by atoms with van der Waals surface area (Å²) in [5.41, 5.74) is 1.41. The molecule has 6 heteroatoms. The summed E-state index contributed by atoms with van der Waals surface area (Å²) >= 11 is 0. The second-order valence-electron chi connectivity index (χ2n) is 5.08. The van der Waals surface area contributed by atoms with Crippen molar-refractivity contribution in [3.05, 3.63) is 54.1 Å². The number of para-hydroxylation sites is 3. The van der Waals surface area contributed by atoms with Crippen LogP contribution in [-0.4, -0.2) is 25.6 Å². The Kier molecular flexibility index (Phi) is 6.19. The van der Waals surface area contributed by atoms with E-state index >= 15 is 0 Å². The van der Waals surface area contributed by atoms with Gasteiger partial charge in [-0.15, -0.1) is 0 Å². The van der Waals surface area contributed by atoms with Crippen LogP contribution in [-0.2, 0) is 0 Å². The summed E-state index contributed by atoms with van der Waals surface area (Å²) < 4.78 is 5.20. The molecule has 0 spiro atoms. The van der Waals surface area contributed by atoms with Gasteiger partial charge < -0.3 is 20.7 Å². The molecule has 0 radical (unpaired) electrons. The smallest absolute Gasteiger partial charge is 0.323 e. The molecule has 0 aliphatic heterocycles. The number of urea groups is 1. The van der Waals surface area contributed by atoms with Crippen molar-refractivity contribution in [2.24, 2.45) is 0 Å². The van der Waals surface area contributed by atoms with Gasteiger partial charge in [0, 0.05) is 6.54 Å². The Morgan fingerprint density at radius 1 is 0.958 bits per heavy atom. The maximum absolute atomic E-state index is 12.2. The fourth-order valence-electron chi connectivity index (χ4n) is 2.15. The lowest BCUT2D eigenvalue weighted by molar-refractivity contribution is 0.0954. The standard InChI is InChI=1S/C18H21N3O3/c1-3-12-19-17(22)13-8-4-5-9-14(13)20-18(23)21-15-10-6-7-11-16(15)24-2/h4-11H,3,12H2,1-2H3,(H,19,22)(H2,20,21,23). The van der Waals surface area contributed by atoms with Gasteiger partial charge in [0.05, 0.1) is 24.0 Å². The Hall–Kier alpha value is -3.02. The highest BCUT2D eigenvalue weighted by Crippen LogP contribution is 2.23. The first-order valence-electron chi connectivity index (χ1n) is 7.74. The van der Waals surface area contributed by atoms with Gasteiger partial charge in [-0.1, -0.05) is 31.2 Å². The number of ether oxygens (including phenoxy) is 1. The van der Waals surface area contributed by atoms with Crippen LogP contribution in [0.3, 0.4) is 0 Å². The van der Waals surface area contributed by atoms with Gasteiger partial charge in [-0.2, -0.15) is 0 Å². The van der Waals surface area contributed by atoms with Crippen LogP contribution in [0.1, 0.15) is 23.7 Å². The minimum Gasteiger partial charge on any atom is -0.495 e. The zero-order valence-electron chi connectivity index (χ0n) is 13.8. The zero-order chi connectivity index (χ0) is 17.4. The molecule has 0 aromatic heterocycles. The first-order chi connectivity index (χ1) is 11.7. The minimum absolute atomic E-state index is 0.218. The van der Waals surface area contributed by atoms with Gasteiger partial charge in [0.15, 0.2) is 0 Å². The van der Waals surface area contributed by atoms with Gasteiger partial charge in [-0.3, -0.25) is 4.79 Å². The highest BCUT2D eigenvalue weighted by molar-refractivity contribution is 6.06. The van der Waals surface area contributed by atoms with Crippen LogP contribution < -0.4 is 20.7 Å². The van der Waals surface area contributed by atoms with Crippen LogP contribution >= 0.6 is 0 Å². The van der Waals surface area contributed by atoms with Gasteiger partial charge >= 0.3 is 6.03 Å². The highest BCUT2D eigenvalue weighted by Gasteiger charge is 2.13. The van der Waals surface area contributed by atoms with Crippen molar-refractivity contribution in [1.29, 1.82) is 0 Å². The number of methoxy groups -OCH3 is 1. The van der Waals surface area contributed by atoms with E-state index in [0.29, 0.717) is 29.2 Å². The van der Waals surface area contributed by atoms with E-state index in [2.05, 4.69) is 16.0 Å². The summed E-state index contributed by atoms with van der Waals surface area (Å²) in [5, 5.41) is 8.21. The van der Waals surface area contributed by atoms with E-state index in [-0.39, 0.29) is 5.91 Å². The number of carbonyl (C=O) groups excluding carboxylic acids is 2. The summed E-state index contributed by atoms with van der Waals surface area (Å²) in [5.74, 6) is 0.340. The summed E-state index contributed by atoms with van der Waals surface area (Å²) in [7, 11) is 1.53. The van der Waals surface area contributed by atoms with Gasteiger partial charge in [0.2, 0.25) is 0 Å². The number of hydrogen-bond acceptors (Lipinski definition) is 3. The van der Waals surface area contributed by atoms with Crippen molar-refractivity contribution in [3.8, 4) is 5.75 Å². The van der Waals surface area contributed by atoms with Gasteiger partial charge in [0.25, 0.3) is 5.91 Å². The SMILES string of the molecule is CCCNC(=O)c1ccccc1NC(=O)Nc1ccccc1OC. The average Bonchev–Trinajstić information content (AvgIpc) is 2.60. The molecule has 0 aliphatic rings. The second-order valence-corrected chi connectivity index (χ2v) is 5.08. The first kappa shape index (κ1) is 17.3. The number of benzene rings is 2. The number of carbonyl (C=O) groups is 2. The van der Waals surface area contributed by atoms with E-state index in [0.717, 1.165) is 6.42 Å². The summed E-state index contributed by atoms with van der Waals surface area (Å²) in [6.07, 6.45) is 0.843. The quantitative estimate of drug-likeness (QED) is 0.760. The highest BCUT2D eigenvalue weighted by atomic mass is 16.5. The fraction of sp³-hybridized carbons (Fsp3) is 0.222. The lowest BCUT2D eigenvalue weighted by Crippen LogP contribution is -2.27. The lowest BCUT2D eigenvalue weighted by Gasteiger charge is -2.13. The molecule has 3 amide bonds. The van der Waals surface area contributed by atoms with Gasteiger partial charge in [-0.25, -0.2) is 4.79 Å². The van der Waals surface area contributed by atoms with E-state index in [4.69, 9.17) is 4.74 Å². The third-order valence-corrected chi connectivity index (χ3v) is 3.31. The maximum atomic E-state index is 12.2. The van der Waals surface area contributed by atoms with E-state index in [1.807, 2.05) is 13.0 Å². The van der Waals surface area contributed by atoms with E-state index in [1.54, 1.807) is 42.5 Å². The van der Waals surface area contributed by atoms with Crippen molar-refractivity contribution < 1.29 is 14.3 Å². The normalized spacial score (nSPS) is 9.92. The zero-order valence-corrected chi connectivity index (χ0v) is 13.8. The molecule has 0 fully saturated rings. The molecule has 6 nitrogen and oxygen atoms in total. The largest absolute Gasteiger partial charge is 0.495 e. The van der Waals surface area contributed by atoms with E-state index < -0.39 is 6.03 Å². The molecule has 2 aromatic rings. The van der Waals surface area contributed by atoms with Crippen LogP contribution in [0.15, 0.2) is 48.5 Å². The molecule has 2 rings (SSSR count). The summed E-state index contributed by atoms with van der Waals surface area (Å²) in [6.45, 7) is 2.56. The van der Waals surface area contributed by atoms with Crippen molar-refractivity contribution in [2.75, 3.05) is 24.3 Å². The number of rotatable bonds is 6. The lowest BCUT2D eigenvalue weighted by atomic mass is 10.1. The molecule has 0 unspecified atom stereocenters. The summed E-state index contributed by atoms with van der Waals surface area (Å²) in [4.78, 5) is 24.4. The van der Waals surface area contributed by atoms with E-state index in [9.17, 15) is 9.59 Å². The Balaban J connectivity index is 2.10. The molecule has 0 saturated carbocycles. The van der Waals surface area contributed by atoms with Crippen LogP contribution in [0.5, 0.6) is 5.75 Å². The molecule has 0 bridgehead atoms. The predicted octanol–water partition coefficient (Wildman–Crippen LogP) is 3.48.